The summed E-state index contributed by atoms with van der Waals surface area (Å²) in [7, 11) is -3.30. The molecule has 0 heterocycles. The molecular weight excluding hydrogens is 332 g/mol. The summed E-state index contributed by atoms with van der Waals surface area (Å²) in [6.07, 6.45) is 1.87. The SMILES string of the molecule is CC[Si](CC)(CC)OCC[C@H](O[Si](CC)(CC)CC)C(C)(C)C=O. The van der Waals surface area contributed by atoms with Crippen molar-refractivity contribution < 1.29 is 13.6 Å². The summed E-state index contributed by atoms with van der Waals surface area (Å²) in [4.78, 5) is 11.7. The van der Waals surface area contributed by atoms with Crippen molar-refractivity contribution in [3.05, 3.63) is 0 Å². The number of hydrogen-bond acceptors (Lipinski definition) is 3. The minimum Gasteiger partial charge on any atom is -0.417 e. The molecule has 0 aliphatic rings. The van der Waals surface area contributed by atoms with Crippen molar-refractivity contribution in [3.8, 4) is 0 Å². The highest BCUT2D eigenvalue weighted by atomic mass is 28.4. The number of carbonyl (C=O) groups is 1. The molecule has 0 amide bonds. The predicted molar refractivity (Wildman–Crippen MR) is 110 cm³/mol. The van der Waals surface area contributed by atoms with E-state index in [-0.39, 0.29) is 6.10 Å². The Balaban J connectivity index is 5.09. The first-order valence-corrected chi connectivity index (χ1v) is 15.1. The molecule has 144 valence electrons. The minimum atomic E-state index is -1.73. The molecule has 5 heteroatoms. The molecule has 0 aliphatic heterocycles. The van der Waals surface area contributed by atoms with Gasteiger partial charge in [-0.25, -0.2) is 0 Å². The topological polar surface area (TPSA) is 35.5 Å². The van der Waals surface area contributed by atoms with E-state index >= 15 is 0 Å². The Morgan fingerprint density at radius 1 is 0.833 bits per heavy atom. The summed E-state index contributed by atoms with van der Waals surface area (Å²) < 4.78 is 13.1. The second kappa shape index (κ2) is 10.9. The fourth-order valence-electron chi connectivity index (χ4n) is 3.40. The first-order valence-electron chi connectivity index (χ1n) is 10.0. The highest BCUT2D eigenvalue weighted by molar-refractivity contribution is 6.74. The lowest BCUT2D eigenvalue weighted by molar-refractivity contribution is -0.119. The Labute approximate surface area is 153 Å². The smallest absolute Gasteiger partial charge is 0.192 e. The van der Waals surface area contributed by atoms with E-state index < -0.39 is 22.0 Å². The van der Waals surface area contributed by atoms with E-state index in [4.69, 9.17) is 8.85 Å². The summed E-state index contributed by atoms with van der Waals surface area (Å²) >= 11 is 0. The van der Waals surface area contributed by atoms with E-state index in [0.29, 0.717) is 0 Å². The van der Waals surface area contributed by atoms with Crippen LogP contribution in [-0.2, 0) is 13.6 Å². The quantitative estimate of drug-likeness (QED) is 0.276. The van der Waals surface area contributed by atoms with Crippen LogP contribution in [0.4, 0.5) is 0 Å². The highest BCUT2D eigenvalue weighted by Crippen LogP contribution is 2.32. The summed E-state index contributed by atoms with van der Waals surface area (Å²) in [6, 6.07) is 6.85. The van der Waals surface area contributed by atoms with Gasteiger partial charge in [0.05, 0.1) is 6.10 Å². The Kier molecular flexibility index (Phi) is 10.9. The normalized spacial score (nSPS) is 14.7. The lowest BCUT2D eigenvalue weighted by Crippen LogP contribution is -2.47. The number of rotatable bonds is 14. The Morgan fingerprint density at radius 2 is 1.25 bits per heavy atom. The number of aldehydes is 1. The summed E-state index contributed by atoms with van der Waals surface area (Å²) in [5.41, 5.74) is -0.448. The third-order valence-corrected chi connectivity index (χ3v) is 15.5. The molecule has 0 aromatic heterocycles. The van der Waals surface area contributed by atoms with Crippen LogP contribution in [0.15, 0.2) is 0 Å². The maximum Gasteiger partial charge on any atom is 0.192 e. The Bertz CT molecular complexity index is 334. The van der Waals surface area contributed by atoms with Crippen LogP contribution in [0.5, 0.6) is 0 Å². The van der Waals surface area contributed by atoms with Crippen LogP contribution in [0, 0.1) is 5.41 Å². The minimum absolute atomic E-state index is 0.0289. The maximum absolute atomic E-state index is 11.7. The number of carbonyl (C=O) groups excluding carboxylic acids is 1. The summed E-state index contributed by atoms with van der Waals surface area (Å²) in [6.45, 7) is 18.2. The molecule has 0 saturated heterocycles. The zero-order valence-corrected chi connectivity index (χ0v) is 19.5. The molecule has 0 unspecified atom stereocenters. The van der Waals surface area contributed by atoms with Gasteiger partial charge >= 0.3 is 0 Å². The molecule has 0 saturated carbocycles. The van der Waals surface area contributed by atoms with Crippen molar-refractivity contribution in [2.24, 2.45) is 5.41 Å². The molecule has 3 nitrogen and oxygen atoms in total. The second-order valence-corrected chi connectivity index (χ2v) is 17.2. The standard InChI is InChI=1S/C19H42O3Si2/c1-9-23(10-2,11-3)21-16-15-18(19(7,8)17-20)22-24(12-4,13-5)14-6/h17-18H,9-16H2,1-8H3/t18-/m0/s1. The van der Waals surface area contributed by atoms with Crippen molar-refractivity contribution in [3.63, 3.8) is 0 Å². The molecular formula is C19H42O3Si2. The van der Waals surface area contributed by atoms with Gasteiger partial charge in [-0.2, -0.15) is 0 Å². The lowest BCUT2D eigenvalue weighted by Gasteiger charge is -2.39. The molecule has 1 atom stereocenters. The molecule has 0 bridgehead atoms. The van der Waals surface area contributed by atoms with E-state index in [9.17, 15) is 4.79 Å². The van der Waals surface area contributed by atoms with Gasteiger partial charge in [0, 0.05) is 12.0 Å². The zero-order chi connectivity index (χ0) is 18.9. The average Bonchev–Trinajstić information content (AvgIpc) is 2.62. The van der Waals surface area contributed by atoms with E-state index in [1.807, 2.05) is 13.8 Å². The number of hydrogen-bond donors (Lipinski definition) is 0. The Hall–Kier alpha value is 0.0238. The largest absolute Gasteiger partial charge is 0.417 e. The maximum atomic E-state index is 11.7. The van der Waals surface area contributed by atoms with Gasteiger partial charge in [-0.15, -0.1) is 0 Å². The summed E-state index contributed by atoms with van der Waals surface area (Å²) in [5.74, 6) is 0. The molecule has 0 aliphatic carbocycles. The predicted octanol–water partition coefficient (Wildman–Crippen LogP) is 6.01. The molecule has 0 aromatic rings. The molecule has 24 heavy (non-hydrogen) atoms. The Morgan fingerprint density at radius 3 is 1.58 bits per heavy atom. The van der Waals surface area contributed by atoms with Crippen LogP contribution < -0.4 is 0 Å². The van der Waals surface area contributed by atoms with Crippen LogP contribution in [-0.4, -0.2) is 35.6 Å². The van der Waals surface area contributed by atoms with Gasteiger partial charge in [0.25, 0.3) is 0 Å². The van der Waals surface area contributed by atoms with Crippen LogP contribution in [0.1, 0.15) is 61.8 Å². The third-order valence-electron chi connectivity index (χ3n) is 6.18. The highest BCUT2D eigenvalue weighted by Gasteiger charge is 2.39. The first-order chi connectivity index (χ1) is 11.2. The van der Waals surface area contributed by atoms with Crippen molar-refractivity contribution in [1.29, 1.82) is 0 Å². The van der Waals surface area contributed by atoms with Gasteiger partial charge in [0.2, 0.25) is 0 Å². The molecule has 0 aromatic carbocycles. The zero-order valence-electron chi connectivity index (χ0n) is 17.5. The second-order valence-electron chi connectivity index (χ2n) is 7.67. The lowest BCUT2D eigenvalue weighted by atomic mass is 9.87. The van der Waals surface area contributed by atoms with Gasteiger partial charge in [0.1, 0.15) is 6.29 Å². The van der Waals surface area contributed by atoms with E-state index in [1.54, 1.807) is 0 Å². The molecule has 0 N–H and O–H groups in total. The van der Waals surface area contributed by atoms with Gasteiger partial charge < -0.3 is 13.6 Å². The van der Waals surface area contributed by atoms with Crippen LogP contribution in [0.25, 0.3) is 0 Å². The fourth-order valence-corrected chi connectivity index (χ4v) is 9.09. The third kappa shape index (κ3) is 6.39. The van der Waals surface area contributed by atoms with Crippen LogP contribution in [0.3, 0.4) is 0 Å². The van der Waals surface area contributed by atoms with Crippen molar-refractivity contribution in [2.75, 3.05) is 6.61 Å². The van der Waals surface area contributed by atoms with E-state index in [0.717, 1.165) is 37.4 Å². The average molecular weight is 375 g/mol. The first kappa shape index (κ1) is 24.0. The van der Waals surface area contributed by atoms with Crippen LogP contribution >= 0.6 is 0 Å². The van der Waals surface area contributed by atoms with Crippen molar-refractivity contribution in [1.82, 2.24) is 0 Å². The molecule has 0 spiro atoms. The summed E-state index contributed by atoms with van der Waals surface area (Å²) in [5, 5.41) is 0. The fraction of sp³-hybridized carbons (Fsp3) is 0.947. The van der Waals surface area contributed by atoms with E-state index in [1.165, 1.54) is 18.1 Å². The van der Waals surface area contributed by atoms with Crippen LogP contribution in [0.2, 0.25) is 36.3 Å². The van der Waals surface area contributed by atoms with Gasteiger partial charge in [-0.3, -0.25) is 0 Å². The van der Waals surface area contributed by atoms with Gasteiger partial charge in [-0.1, -0.05) is 55.4 Å². The molecule has 0 radical (unpaired) electrons. The van der Waals surface area contributed by atoms with Gasteiger partial charge in [0.15, 0.2) is 16.6 Å². The molecule has 0 fully saturated rings. The monoisotopic (exact) mass is 374 g/mol. The van der Waals surface area contributed by atoms with Crippen molar-refractivity contribution >= 4 is 22.9 Å². The van der Waals surface area contributed by atoms with Gasteiger partial charge in [-0.05, 0) is 42.7 Å². The van der Waals surface area contributed by atoms with E-state index in [2.05, 4.69) is 41.5 Å². The molecule has 0 rings (SSSR count). The van der Waals surface area contributed by atoms with Crippen molar-refractivity contribution in [2.45, 2.75) is 104 Å².